The molecular weight excluding hydrogens is 138 g/mol. The van der Waals surface area contributed by atoms with Crippen LogP contribution in [0.1, 0.15) is 6.92 Å². The molecule has 3 nitrogen and oxygen atoms in total. The van der Waals surface area contributed by atoms with Gasteiger partial charge in [-0.15, -0.1) is 0 Å². The molecular formula is C8H13N3. The van der Waals surface area contributed by atoms with Gasteiger partial charge < -0.3 is 10.6 Å². The lowest BCUT2D eigenvalue weighted by atomic mass is 10.3. The SMILES string of the molecule is CCN(C)c1ccncc1N. The molecule has 0 aromatic carbocycles. The molecule has 1 heterocycles. The van der Waals surface area contributed by atoms with E-state index in [9.17, 15) is 0 Å². The van der Waals surface area contributed by atoms with E-state index >= 15 is 0 Å². The van der Waals surface area contributed by atoms with Crippen molar-refractivity contribution < 1.29 is 0 Å². The van der Waals surface area contributed by atoms with E-state index in [-0.39, 0.29) is 0 Å². The van der Waals surface area contributed by atoms with Crippen molar-refractivity contribution in [2.75, 3.05) is 24.2 Å². The van der Waals surface area contributed by atoms with Crippen molar-refractivity contribution in [3.05, 3.63) is 18.5 Å². The molecule has 0 radical (unpaired) electrons. The van der Waals surface area contributed by atoms with Crippen molar-refractivity contribution in [1.29, 1.82) is 0 Å². The second kappa shape index (κ2) is 3.23. The minimum absolute atomic E-state index is 0.733. The van der Waals surface area contributed by atoms with Gasteiger partial charge in [-0.05, 0) is 13.0 Å². The summed E-state index contributed by atoms with van der Waals surface area (Å²) in [5, 5.41) is 0. The van der Waals surface area contributed by atoms with Gasteiger partial charge in [0.2, 0.25) is 0 Å². The lowest BCUT2D eigenvalue weighted by Gasteiger charge is -2.17. The molecule has 0 aliphatic carbocycles. The summed E-state index contributed by atoms with van der Waals surface area (Å²) in [7, 11) is 2.01. The van der Waals surface area contributed by atoms with Crippen LogP contribution in [-0.2, 0) is 0 Å². The van der Waals surface area contributed by atoms with Gasteiger partial charge in [-0.2, -0.15) is 0 Å². The first kappa shape index (κ1) is 7.85. The van der Waals surface area contributed by atoms with Gasteiger partial charge in [0.05, 0.1) is 17.6 Å². The average molecular weight is 151 g/mol. The molecule has 60 valence electrons. The highest BCUT2D eigenvalue weighted by molar-refractivity contribution is 5.65. The Kier molecular flexibility index (Phi) is 2.31. The van der Waals surface area contributed by atoms with Crippen LogP contribution in [0.5, 0.6) is 0 Å². The van der Waals surface area contributed by atoms with E-state index in [2.05, 4.69) is 16.8 Å². The highest BCUT2D eigenvalue weighted by Gasteiger charge is 2.00. The maximum Gasteiger partial charge on any atom is 0.0738 e. The fourth-order valence-electron chi connectivity index (χ4n) is 0.917. The van der Waals surface area contributed by atoms with E-state index in [1.807, 2.05) is 13.1 Å². The Labute approximate surface area is 66.8 Å². The highest BCUT2D eigenvalue weighted by atomic mass is 15.1. The van der Waals surface area contributed by atoms with Crippen LogP contribution in [0.3, 0.4) is 0 Å². The summed E-state index contributed by atoms with van der Waals surface area (Å²) in [5.41, 5.74) is 7.47. The molecule has 2 N–H and O–H groups in total. The quantitative estimate of drug-likeness (QED) is 0.688. The number of anilines is 2. The lowest BCUT2D eigenvalue weighted by molar-refractivity contribution is 0.967. The predicted octanol–water partition coefficient (Wildman–Crippen LogP) is 1.12. The first-order chi connectivity index (χ1) is 5.25. The van der Waals surface area contributed by atoms with Crippen molar-refractivity contribution in [3.8, 4) is 0 Å². The third kappa shape index (κ3) is 1.61. The zero-order valence-electron chi connectivity index (χ0n) is 6.91. The van der Waals surface area contributed by atoms with Crippen molar-refractivity contribution in [2.45, 2.75) is 6.92 Å². The van der Waals surface area contributed by atoms with Crippen molar-refractivity contribution in [2.24, 2.45) is 0 Å². The maximum absolute atomic E-state index is 5.69. The molecule has 11 heavy (non-hydrogen) atoms. The summed E-state index contributed by atoms with van der Waals surface area (Å²) in [6.07, 6.45) is 3.42. The maximum atomic E-state index is 5.69. The molecule has 3 heteroatoms. The number of nitrogens with two attached hydrogens (primary N) is 1. The molecule has 0 saturated carbocycles. The van der Waals surface area contributed by atoms with Crippen molar-refractivity contribution >= 4 is 11.4 Å². The Bertz CT molecular complexity index is 235. The van der Waals surface area contributed by atoms with Crippen LogP contribution >= 0.6 is 0 Å². The van der Waals surface area contributed by atoms with Crippen molar-refractivity contribution in [3.63, 3.8) is 0 Å². The number of pyridine rings is 1. The molecule has 1 rings (SSSR count). The van der Waals surface area contributed by atoms with Crippen LogP contribution in [0.15, 0.2) is 18.5 Å². The summed E-state index contributed by atoms with van der Waals surface area (Å²) >= 11 is 0. The van der Waals surface area contributed by atoms with Gasteiger partial charge in [-0.1, -0.05) is 0 Å². The van der Waals surface area contributed by atoms with Crippen LogP contribution < -0.4 is 10.6 Å². The monoisotopic (exact) mass is 151 g/mol. The summed E-state index contributed by atoms with van der Waals surface area (Å²) < 4.78 is 0. The molecule has 0 unspecified atom stereocenters. The molecule has 1 aromatic rings. The largest absolute Gasteiger partial charge is 0.396 e. The molecule has 0 bridgehead atoms. The Balaban J connectivity index is 2.93. The third-order valence-corrected chi connectivity index (χ3v) is 1.71. The minimum Gasteiger partial charge on any atom is -0.396 e. The fraction of sp³-hybridized carbons (Fsp3) is 0.375. The van der Waals surface area contributed by atoms with Gasteiger partial charge in [-0.25, -0.2) is 0 Å². The zero-order chi connectivity index (χ0) is 8.27. The zero-order valence-corrected chi connectivity index (χ0v) is 6.91. The van der Waals surface area contributed by atoms with Gasteiger partial charge >= 0.3 is 0 Å². The number of aromatic nitrogens is 1. The Morgan fingerprint density at radius 3 is 2.91 bits per heavy atom. The Morgan fingerprint density at radius 2 is 2.36 bits per heavy atom. The molecule has 0 atom stereocenters. The molecule has 0 fully saturated rings. The summed E-state index contributed by atoms with van der Waals surface area (Å²) in [5.74, 6) is 0. The van der Waals surface area contributed by atoms with Crippen LogP contribution in [0.4, 0.5) is 11.4 Å². The van der Waals surface area contributed by atoms with Gasteiger partial charge in [0.1, 0.15) is 0 Å². The lowest BCUT2D eigenvalue weighted by Crippen LogP contribution is -2.17. The molecule has 0 spiro atoms. The number of hydrogen-bond donors (Lipinski definition) is 1. The molecule has 0 aliphatic rings. The standard InChI is InChI=1S/C8H13N3/c1-3-11(2)8-4-5-10-6-7(8)9/h4-6H,3,9H2,1-2H3. The van der Waals surface area contributed by atoms with Gasteiger partial charge in [0.25, 0.3) is 0 Å². The van der Waals surface area contributed by atoms with Crippen LogP contribution in [-0.4, -0.2) is 18.6 Å². The Morgan fingerprint density at radius 1 is 1.64 bits per heavy atom. The molecule has 0 amide bonds. The van der Waals surface area contributed by atoms with Crippen LogP contribution in [0, 0.1) is 0 Å². The van der Waals surface area contributed by atoms with E-state index < -0.39 is 0 Å². The van der Waals surface area contributed by atoms with E-state index in [0.29, 0.717) is 0 Å². The summed E-state index contributed by atoms with van der Waals surface area (Å²) in [6.45, 7) is 3.04. The topological polar surface area (TPSA) is 42.2 Å². The van der Waals surface area contributed by atoms with Gasteiger partial charge in [0, 0.05) is 19.8 Å². The van der Waals surface area contributed by atoms with Crippen molar-refractivity contribution in [1.82, 2.24) is 4.98 Å². The number of nitrogen functional groups attached to an aromatic ring is 1. The first-order valence-electron chi connectivity index (χ1n) is 3.66. The van der Waals surface area contributed by atoms with E-state index in [0.717, 1.165) is 17.9 Å². The van der Waals surface area contributed by atoms with E-state index in [4.69, 9.17) is 5.73 Å². The van der Waals surface area contributed by atoms with Gasteiger partial charge in [-0.3, -0.25) is 4.98 Å². The highest BCUT2D eigenvalue weighted by Crippen LogP contribution is 2.18. The Hall–Kier alpha value is -1.25. The second-order valence-electron chi connectivity index (χ2n) is 2.45. The van der Waals surface area contributed by atoms with Crippen LogP contribution in [0.25, 0.3) is 0 Å². The van der Waals surface area contributed by atoms with Gasteiger partial charge in [0.15, 0.2) is 0 Å². The number of nitrogens with zero attached hydrogens (tertiary/aromatic N) is 2. The summed E-state index contributed by atoms with van der Waals surface area (Å²) in [6, 6.07) is 1.92. The van der Waals surface area contributed by atoms with E-state index in [1.54, 1.807) is 12.4 Å². The van der Waals surface area contributed by atoms with Crippen LogP contribution in [0.2, 0.25) is 0 Å². The smallest absolute Gasteiger partial charge is 0.0738 e. The molecule has 0 aliphatic heterocycles. The normalized spacial score (nSPS) is 9.64. The minimum atomic E-state index is 0.733. The van der Waals surface area contributed by atoms with E-state index in [1.165, 1.54) is 0 Å². The summed E-state index contributed by atoms with van der Waals surface area (Å²) in [4.78, 5) is 5.99. The number of hydrogen-bond acceptors (Lipinski definition) is 3. The molecule has 1 aromatic heterocycles. The second-order valence-corrected chi connectivity index (χ2v) is 2.45. The predicted molar refractivity (Wildman–Crippen MR) is 47.6 cm³/mol. The third-order valence-electron chi connectivity index (χ3n) is 1.71. The number of rotatable bonds is 2. The first-order valence-corrected chi connectivity index (χ1v) is 3.66. The average Bonchev–Trinajstić information content (AvgIpc) is 2.04. The molecule has 0 saturated heterocycles. The fourth-order valence-corrected chi connectivity index (χ4v) is 0.917.